The molecule has 2 heterocycles. The summed E-state index contributed by atoms with van der Waals surface area (Å²) in [5.74, 6) is -0.320. The fourth-order valence-electron chi connectivity index (χ4n) is 3.13. The predicted octanol–water partition coefficient (Wildman–Crippen LogP) is 4.25. The van der Waals surface area contributed by atoms with Crippen molar-refractivity contribution in [2.75, 3.05) is 11.9 Å². The van der Waals surface area contributed by atoms with E-state index in [9.17, 15) is 9.59 Å². The molecule has 0 bridgehead atoms. The monoisotopic (exact) mass is 397 g/mol. The smallest absolute Gasteiger partial charge is 0.273 e. The van der Waals surface area contributed by atoms with E-state index in [0.29, 0.717) is 35.1 Å². The topological polar surface area (TPSA) is 62.3 Å². The molecule has 27 heavy (non-hydrogen) atoms. The van der Waals surface area contributed by atoms with E-state index in [-0.39, 0.29) is 11.8 Å². The summed E-state index contributed by atoms with van der Waals surface area (Å²) in [6.45, 7) is 1.16. The van der Waals surface area contributed by atoms with Crippen LogP contribution in [0.1, 0.15) is 32.0 Å². The summed E-state index contributed by atoms with van der Waals surface area (Å²) >= 11 is 7.50. The fourth-order valence-corrected chi connectivity index (χ4v) is 3.88. The number of carbonyl (C=O) groups is 2. The number of amides is 2. The first-order valence-corrected chi connectivity index (χ1v) is 9.79. The van der Waals surface area contributed by atoms with Crippen molar-refractivity contribution in [2.24, 2.45) is 0 Å². The Morgan fingerprint density at radius 1 is 1.15 bits per heavy atom. The van der Waals surface area contributed by atoms with Crippen LogP contribution in [-0.4, -0.2) is 28.2 Å². The number of hydrogen-bond acceptors (Lipinski definition) is 4. The van der Waals surface area contributed by atoms with E-state index in [1.807, 2.05) is 18.2 Å². The molecule has 1 aliphatic rings. The van der Waals surface area contributed by atoms with Crippen molar-refractivity contribution in [1.82, 2.24) is 9.88 Å². The molecule has 1 aliphatic heterocycles. The zero-order chi connectivity index (χ0) is 18.8. The molecule has 0 atom stereocenters. The maximum atomic E-state index is 12.5. The van der Waals surface area contributed by atoms with Crippen molar-refractivity contribution in [3.63, 3.8) is 0 Å². The van der Waals surface area contributed by atoms with Gasteiger partial charge in [0, 0.05) is 24.2 Å². The first kappa shape index (κ1) is 17.7. The Hall–Kier alpha value is -2.70. The minimum atomic E-state index is -0.258. The molecule has 7 heteroatoms. The van der Waals surface area contributed by atoms with Gasteiger partial charge in [-0.05, 0) is 41.8 Å². The molecular formula is C20H16ClN3O2S. The Balaban J connectivity index is 1.52. The Labute approximate surface area is 165 Å². The van der Waals surface area contributed by atoms with Gasteiger partial charge in [-0.3, -0.25) is 9.59 Å². The summed E-state index contributed by atoms with van der Waals surface area (Å²) in [5, 5.41) is 5.06. The van der Waals surface area contributed by atoms with Gasteiger partial charge in [-0.1, -0.05) is 29.8 Å². The number of benzene rings is 2. The summed E-state index contributed by atoms with van der Waals surface area (Å²) in [5.41, 5.74) is 5.47. The van der Waals surface area contributed by atoms with Gasteiger partial charge in [0.1, 0.15) is 5.69 Å². The van der Waals surface area contributed by atoms with E-state index >= 15 is 0 Å². The number of aromatic nitrogens is 1. The summed E-state index contributed by atoms with van der Waals surface area (Å²) < 4.78 is 0. The zero-order valence-electron chi connectivity index (χ0n) is 14.3. The second kappa shape index (κ2) is 7.50. The first-order valence-electron chi connectivity index (χ1n) is 8.47. The molecule has 2 amide bonds. The summed E-state index contributed by atoms with van der Waals surface area (Å²) in [4.78, 5) is 30.9. The number of rotatable bonds is 3. The van der Waals surface area contributed by atoms with Crippen LogP contribution in [0.25, 0.3) is 0 Å². The minimum Gasteiger partial charge on any atom is -0.333 e. The van der Waals surface area contributed by atoms with Gasteiger partial charge in [-0.25, -0.2) is 4.98 Å². The Morgan fingerprint density at radius 2 is 2.00 bits per heavy atom. The van der Waals surface area contributed by atoms with Crippen molar-refractivity contribution in [1.29, 1.82) is 0 Å². The lowest BCUT2D eigenvalue weighted by Crippen LogP contribution is -2.36. The molecule has 0 unspecified atom stereocenters. The number of anilines is 1. The highest BCUT2D eigenvalue weighted by molar-refractivity contribution is 7.07. The van der Waals surface area contributed by atoms with Gasteiger partial charge in [-0.15, -0.1) is 11.3 Å². The fraction of sp³-hybridized carbons (Fsp3) is 0.150. The SMILES string of the molecule is O=C(Nc1ccc2c(c1)CN(C(=O)c1cscn1)CC2)c1ccccc1Cl. The molecule has 136 valence electrons. The molecule has 0 fully saturated rings. The number of nitrogens with one attached hydrogen (secondary N) is 1. The Morgan fingerprint density at radius 3 is 2.78 bits per heavy atom. The number of halogens is 1. The van der Waals surface area contributed by atoms with Crippen LogP contribution in [0.5, 0.6) is 0 Å². The Kier molecular flexibility index (Phi) is 4.92. The standard InChI is InChI=1S/C20H16ClN3O2S/c21-17-4-2-1-3-16(17)19(25)23-15-6-5-13-7-8-24(10-14(13)9-15)20(26)18-11-27-12-22-18/h1-6,9,11-12H,7-8,10H2,(H,23,25). The van der Waals surface area contributed by atoms with Crippen LogP contribution in [0.15, 0.2) is 53.4 Å². The lowest BCUT2D eigenvalue weighted by Gasteiger charge is -2.28. The van der Waals surface area contributed by atoms with Crippen molar-refractivity contribution in [3.05, 3.63) is 80.8 Å². The van der Waals surface area contributed by atoms with Crippen LogP contribution in [-0.2, 0) is 13.0 Å². The third-order valence-electron chi connectivity index (χ3n) is 4.53. The lowest BCUT2D eigenvalue weighted by molar-refractivity contribution is 0.0729. The van der Waals surface area contributed by atoms with Gasteiger partial charge >= 0.3 is 0 Å². The highest BCUT2D eigenvalue weighted by Gasteiger charge is 2.23. The van der Waals surface area contributed by atoms with E-state index in [0.717, 1.165) is 12.0 Å². The van der Waals surface area contributed by atoms with Crippen molar-refractivity contribution >= 4 is 40.4 Å². The molecule has 5 nitrogen and oxygen atoms in total. The maximum absolute atomic E-state index is 12.5. The predicted molar refractivity (Wildman–Crippen MR) is 106 cm³/mol. The van der Waals surface area contributed by atoms with Crippen LogP contribution in [0.4, 0.5) is 5.69 Å². The second-order valence-corrected chi connectivity index (χ2v) is 7.39. The highest BCUT2D eigenvalue weighted by Crippen LogP contribution is 2.25. The van der Waals surface area contributed by atoms with Gasteiger partial charge < -0.3 is 10.2 Å². The quantitative estimate of drug-likeness (QED) is 0.718. The average molecular weight is 398 g/mol. The van der Waals surface area contributed by atoms with Crippen LogP contribution in [0.2, 0.25) is 5.02 Å². The van der Waals surface area contributed by atoms with E-state index in [2.05, 4.69) is 10.3 Å². The van der Waals surface area contributed by atoms with E-state index in [4.69, 9.17) is 11.6 Å². The number of nitrogens with zero attached hydrogens (tertiary/aromatic N) is 2. The molecule has 0 saturated carbocycles. The van der Waals surface area contributed by atoms with Crippen LogP contribution in [0.3, 0.4) is 0 Å². The molecule has 0 radical (unpaired) electrons. The summed E-state index contributed by atoms with van der Waals surface area (Å²) in [7, 11) is 0. The van der Waals surface area contributed by atoms with Crippen LogP contribution >= 0.6 is 22.9 Å². The average Bonchev–Trinajstić information content (AvgIpc) is 3.22. The van der Waals surface area contributed by atoms with Crippen molar-refractivity contribution < 1.29 is 9.59 Å². The van der Waals surface area contributed by atoms with Gasteiger partial charge in [-0.2, -0.15) is 0 Å². The van der Waals surface area contributed by atoms with Crippen molar-refractivity contribution in [3.8, 4) is 0 Å². The van der Waals surface area contributed by atoms with E-state index < -0.39 is 0 Å². The lowest BCUT2D eigenvalue weighted by atomic mass is 9.98. The van der Waals surface area contributed by atoms with Gasteiger partial charge in [0.2, 0.25) is 0 Å². The van der Waals surface area contributed by atoms with Gasteiger partial charge in [0.05, 0.1) is 16.1 Å². The maximum Gasteiger partial charge on any atom is 0.273 e. The largest absolute Gasteiger partial charge is 0.333 e. The number of thiazole rings is 1. The molecule has 0 spiro atoms. The van der Waals surface area contributed by atoms with Crippen molar-refractivity contribution in [2.45, 2.75) is 13.0 Å². The normalized spacial score (nSPS) is 13.1. The van der Waals surface area contributed by atoms with Crippen LogP contribution < -0.4 is 5.32 Å². The number of hydrogen-bond donors (Lipinski definition) is 1. The molecule has 4 rings (SSSR count). The molecule has 0 aliphatic carbocycles. The number of carbonyl (C=O) groups excluding carboxylic acids is 2. The minimum absolute atomic E-state index is 0.0626. The zero-order valence-corrected chi connectivity index (χ0v) is 15.9. The van der Waals surface area contributed by atoms with Crippen LogP contribution in [0, 0.1) is 0 Å². The van der Waals surface area contributed by atoms with E-state index in [1.54, 1.807) is 40.1 Å². The Bertz CT molecular complexity index is 1000. The molecule has 1 aromatic heterocycles. The third-order valence-corrected chi connectivity index (χ3v) is 5.45. The van der Waals surface area contributed by atoms with Gasteiger partial charge in [0.15, 0.2) is 0 Å². The first-order chi connectivity index (χ1) is 13.1. The second-order valence-electron chi connectivity index (χ2n) is 6.27. The van der Waals surface area contributed by atoms with Gasteiger partial charge in [0.25, 0.3) is 11.8 Å². The van der Waals surface area contributed by atoms with E-state index in [1.165, 1.54) is 16.9 Å². The summed E-state index contributed by atoms with van der Waals surface area (Å²) in [6, 6.07) is 12.7. The summed E-state index contributed by atoms with van der Waals surface area (Å²) in [6.07, 6.45) is 0.782. The highest BCUT2D eigenvalue weighted by atomic mass is 35.5. The molecule has 0 saturated heterocycles. The third kappa shape index (κ3) is 3.72. The molecular weight excluding hydrogens is 382 g/mol. The molecule has 1 N–H and O–H groups in total. The molecule has 2 aromatic carbocycles. The number of fused-ring (bicyclic) bond motifs is 1. The molecule has 3 aromatic rings.